The van der Waals surface area contributed by atoms with Gasteiger partial charge in [0.2, 0.25) is 11.0 Å². The summed E-state index contributed by atoms with van der Waals surface area (Å²) in [7, 11) is 0. The third kappa shape index (κ3) is 5.74. The molecule has 0 saturated heterocycles. The number of halogens is 1. The van der Waals surface area contributed by atoms with Gasteiger partial charge in [0.15, 0.2) is 0 Å². The van der Waals surface area contributed by atoms with Gasteiger partial charge in [-0.25, -0.2) is 0 Å². The third-order valence-corrected chi connectivity index (χ3v) is 5.60. The Morgan fingerprint density at radius 2 is 1.74 bits per heavy atom. The predicted octanol–water partition coefficient (Wildman–Crippen LogP) is 4.49. The molecule has 146 valence electrons. The minimum atomic E-state index is -0.686. The Hall–Kier alpha value is -1.99. The van der Waals surface area contributed by atoms with Gasteiger partial charge in [-0.15, -0.1) is 10.2 Å². The van der Waals surface area contributed by atoms with Crippen molar-refractivity contribution < 1.29 is 9.59 Å². The molecule has 1 unspecified atom stereocenters. The van der Waals surface area contributed by atoms with Gasteiger partial charge in [-0.05, 0) is 43.0 Å². The molecule has 2 rings (SSSR count). The SMILES string of the molecule is CCC(CC)c1nnc(NC(=O)C(NC(=O)c2ccc(Cl)cc2)C(C)C)s1. The molecule has 0 aliphatic rings. The summed E-state index contributed by atoms with van der Waals surface area (Å²) < 4.78 is 0. The van der Waals surface area contributed by atoms with E-state index in [2.05, 4.69) is 34.7 Å². The molecule has 1 heterocycles. The first kappa shape index (κ1) is 21.3. The number of hydrogen-bond donors (Lipinski definition) is 2. The third-order valence-electron chi connectivity index (χ3n) is 4.35. The summed E-state index contributed by atoms with van der Waals surface area (Å²) >= 11 is 7.23. The second-order valence-corrected chi connectivity index (χ2v) is 8.10. The van der Waals surface area contributed by atoms with Gasteiger partial charge in [0.05, 0.1) is 0 Å². The zero-order valence-electron chi connectivity index (χ0n) is 16.0. The van der Waals surface area contributed by atoms with Crippen LogP contribution in [-0.4, -0.2) is 28.1 Å². The number of rotatable bonds is 8. The molecule has 0 aliphatic carbocycles. The zero-order chi connectivity index (χ0) is 20.0. The smallest absolute Gasteiger partial charge is 0.251 e. The van der Waals surface area contributed by atoms with Crippen LogP contribution in [0.3, 0.4) is 0 Å². The van der Waals surface area contributed by atoms with Crippen LogP contribution in [-0.2, 0) is 4.79 Å². The van der Waals surface area contributed by atoms with Gasteiger partial charge in [0, 0.05) is 16.5 Å². The Morgan fingerprint density at radius 1 is 1.11 bits per heavy atom. The molecule has 0 spiro atoms. The molecule has 1 atom stereocenters. The molecule has 0 fully saturated rings. The van der Waals surface area contributed by atoms with Crippen molar-refractivity contribution in [3.63, 3.8) is 0 Å². The van der Waals surface area contributed by atoms with Crippen molar-refractivity contribution in [1.82, 2.24) is 15.5 Å². The Kier molecular flexibility index (Phi) is 7.74. The summed E-state index contributed by atoms with van der Waals surface area (Å²) in [6.45, 7) is 7.97. The lowest BCUT2D eigenvalue weighted by atomic mass is 10.0. The van der Waals surface area contributed by atoms with E-state index in [-0.39, 0.29) is 17.7 Å². The van der Waals surface area contributed by atoms with Crippen molar-refractivity contribution in [2.45, 2.75) is 52.5 Å². The summed E-state index contributed by atoms with van der Waals surface area (Å²) in [5.74, 6) is -0.374. The van der Waals surface area contributed by atoms with E-state index in [4.69, 9.17) is 11.6 Å². The van der Waals surface area contributed by atoms with E-state index in [1.165, 1.54) is 11.3 Å². The maximum absolute atomic E-state index is 12.7. The Morgan fingerprint density at radius 3 is 2.30 bits per heavy atom. The van der Waals surface area contributed by atoms with Crippen LogP contribution in [0.25, 0.3) is 0 Å². The number of nitrogens with one attached hydrogen (secondary N) is 2. The molecule has 2 aromatic rings. The average molecular weight is 409 g/mol. The lowest BCUT2D eigenvalue weighted by Gasteiger charge is -2.21. The molecule has 2 amide bonds. The number of carbonyl (C=O) groups is 2. The standard InChI is InChI=1S/C19H25ClN4O2S/c1-5-12(6-2)18-23-24-19(27-18)22-17(26)15(11(3)4)21-16(25)13-7-9-14(20)10-8-13/h7-12,15H,5-6H2,1-4H3,(H,21,25)(H,22,24,26). The van der Waals surface area contributed by atoms with E-state index in [0.29, 0.717) is 21.6 Å². The predicted molar refractivity (Wildman–Crippen MR) is 109 cm³/mol. The summed E-state index contributed by atoms with van der Waals surface area (Å²) in [5.41, 5.74) is 0.449. The Labute approximate surface area is 168 Å². The molecular formula is C19H25ClN4O2S. The monoisotopic (exact) mass is 408 g/mol. The van der Waals surface area contributed by atoms with Crippen molar-refractivity contribution in [2.24, 2.45) is 5.92 Å². The van der Waals surface area contributed by atoms with E-state index in [0.717, 1.165) is 17.8 Å². The highest BCUT2D eigenvalue weighted by atomic mass is 35.5. The molecule has 0 radical (unpaired) electrons. The Bertz CT molecular complexity index is 772. The first-order chi connectivity index (χ1) is 12.8. The molecule has 27 heavy (non-hydrogen) atoms. The fraction of sp³-hybridized carbons (Fsp3) is 0.474. The van der Waals surface area contributed by atoms with Crippen molar-refractivity contribution >= 4 is 39.9 Å². The first-order valence-corrected chi connectivity index (χ1v) is 10.3. The van der Waals surface area contributed by atoms with Crippen LogP contribution in [0, 0.1) is 5.92 Å². The van der Waals surface area contributed by atoms with Gasteiger partial charge in [-0.3, -0.25) is 14.9 Å². The van der Waals surface area contributed by atoms with Gasteiger partial charge < -0.3 is 5.32 Å². The molecular weight excluding hydrogens is 384 g/mol. The number of hydrogen-bond acceptors (Lipinski definition) is 5. The summed E-state index contributed by atoms with van der Waals surface area (Å²) in [5, 5.41) is 15.7. The van der Waals surface area contributed by atoms with Gasteiger partial charge in [-0.1, -0.05) is 50.6 Å². The number of benzene rings is 1. The second kappa shape index (κ2) is 9.80. The highest BCUT2D eigenvalue weighted by Gasteiger charge is 2.26. The number of carbonyl (C=O) groups excluding carboxylic acids is 2. The highest BCUT2D eigenvalue weighted by Crippen LogP contribution is 2.28. The maximum Gasteiger partial charge on any atom is 0.251 e. The van der Waals surface area contributed by atoms with E-state index >= 15 is 0 Å². The fourth-order valence-electron chi connectivity index (χ4n) is 2.63. The molecule has 6 nitrogen and oxygen atoms in total. The minimum Gasteiger partial charge on any atom is -0.340 e. The average Bonchev–Trinajstić information content (AvgIpc) is 3.09. The van der Waals surface area contributed by atoms with Crippen LogP contribution in [0.2, 0.25) is 5.02 Å². The topological polar surface area (TPSA) is 84.0 Å². The van der Waals surface area contributed by atoms with E-state index in [9.17, 15) is 9.59 Å². The summed E-state index contributed by atoms with van der Waals surface area (Å²) in [4.78, 5) is 25.1. The number of aromatic nitrogens is 2. The normalized spacial score (nSPS) is 12.3. The highest BCUT2D eigenvalue weighted by molar-refractivity contribution is 7.15. The van der Waals surface area contributed by atoms with E-state index in [1.807, 2.05) is 13.8 Å². The van der Waals surface area contributed by atoms with Crippen molar-refractivity contribution in [3.8, 4) is 0 Å². The Balaban J connectivity index is 2.06. The molecule has 0 saturated carbocycles. The zero-order valence-corrected chi connectivity index (χ0v) is 17.5. The fourth-order valence-corrected chi connectivity index (χ4v) is 3.77. The van der Waals surface area contributed by atoms with Crippen LogP contribution in [0.4, 0.5) is 5.13 Å². The van der Waals surface area contributed by atoms with Crippen LogP contribution in [0.5, 0.6) is 0 Å². The molecule has 1 aromatic heterocycles. The minimum absolute atomic E-state index is 0.0901. The summed E-state index contributed by atoms with van der Waals surface area (Å²) in [6, 6.07) is 5.84. The van der Waals surface area contributed by atoms with E-state index < -0.39 is 6.04 Å². The van der Waals surface area contributed by atoms with Crippen LogP contribution >= 0.6 is 22.9 Å². The van der Waals surface area contributed by atoms with Gasteiger partial charge in [0.25, 0.3) is 5.91 Å². The molecule has 0 bridgehead atoms. The van der Waals surface area contributed by atoms with Gasteiger partial charge in [0.1, 0.15) is 11.0 Å². The number of nitrogens with zero attached hydrogens (tertiary/aromatic N) is 2. The van der Waals surface area contributed by atoms with Gasteiger partial charge in [-0.2, -0.15) is 0 Å². The first-order valence-electron chi connectivity index (χ1n) is 9.06. The molecule has 8 heteroatoms. The van der Waals surface area contributed by atoms with Gasteiger partial charge >= 0.3 is 0 Å². The number of amides is 2. The van der Waals surface area contributed by atoms with E-state index in [1.54, 1.807) is 24.3 Å². The van der Waals surface area contributed by atoms with Crippen LogP contribution in [0.1, 0.15) is 61.8 Å². The molecule has 1 aromatic carbocycles. The van der Waals surface area contributed by atoms with Crippen molar-refractivity contribution in [1.29, 1.82) is 0 Å². The number of anilines is 1. The quantitative estimate of drug-likeness (QED) is 0.674. The summed E-state index contributed by atoms with van der Waals surface area (Å²) in [6.07, 6.45) is 1.95. The maximum atomic E-state index is 12.7. The largest absolute Gasteiger partial charge is 0.340 e. The lowest BCUT2D eigenvalue weighted by Crippen LogP contribution is -2.47. The van der Waals surface area contributed by atoms with Crippen LogP contribution < -0.4 is 10.6 Å². The van der Waals surface area contributed by atoms with Crippen molar-refractivity contribution in [2.75, 3.05) is 5.32 Å². The molecule has 2 N–H and O–H groups in total. The molecule has 0 aliphatic heterocycles. The van der Waals surface area contributed by atoms with Crippen molar-refractivity contribution in [3.05, 3.63) is 39.9 Å². The van der Waals surface area contributed by atoms with Crippen LogP contribution in [0.15, 0.2) is 24.3 Å². The lowest BCUT2D eigenvalue weighted by molar-refractivity contribution is -0.118. The second-order valence-electron chi connectivity index (χ2n) is 6.65.